The fourth-order valence-electron chi connectivity index (χ4n) is 2.19. The van der Waals surface area contributed by atoms with Gasteiger partial charge >= 0.3 is 10.2 Å². The molecule has 0 atom stereocenters. The van der Waals surface area contributed by atoms with Crippen molar-refractivity contribution in [2.24, 2.45) is 0 Å². The quantitative estimate of drug-likeness (QED) is 0.874. The second-order valence-electron chi connectivity index (χ2n) is 4.64. The minimum absolute atomic E-state index is 0.306. The maximum Gasteiger partial charge on any atom is 0.301 e. The van der Waals surface area contributed by atoms with Gasteiger partial charge in [-0.15, -0.1) is 0 Å². The minimum Gasteiger partial charge on any atom is -0.256 e. The van der Waals surface area contributed by atoms with Crippen molar-refractivity contribution in [2.45, 2.75) is 26.7 Å². The summed E-state index contributed by atoms with van der Waals surface area (Å²) in [6.07, 6.45) is 0. The van der Waals surface area contributed by atoms with Gasteiger partial charge in [0.05, 0.1) is 5.69 Å². The van der Waals surface area contributed by atoms with E-state index in [1.165, 1.54) is 4.31 Å². The van der Waals surface area contributed by atoms with Crippen LogP contribution in [0.4, 0.5) is 5.69 Å². The highest BCUT2D eigenvalue weighted by atomic mass is 32.2. The van der Waals surface area contributed by atoms with Crippen molar-refractivity contribution < 1.29 is 8.42 Å². The highest BCUT2D eigenvalue weighted by molar-refractivity contribution is 7.91. The summed E-state index contributed by atoms with van der Waals surface area (Å²) in [5.74, 6) is 0.306. The molecule has 0 bridgehead atoms. The molecule has 5 heteroatoms. The molecule has 2 rings (SSSR count). The predicted octanol–water partition coefficient (Wildman–Crippen LogP) is 1.77. The fourth-order valence-corrected chi connectivity index (χ4v) is 3.52. The third-order valence-corrected chi connectivity index (χ3v) is 4.54. The molecule has 1 saturated heterocycles. The molecule has 1 aromatic carbocycles. The number of nitrogens with one attached hydrogen (secondary N) is 1. The highest BCUT2D eigenvalue weighted by Crippen LogP contribution is 2.33. The van der Waals surface area contributed by atoms with Gasteiger partial charge in [-0.1, -0.05) is 32.0 Å². The number of anilines is 1. The van der Waals surface area contributed by atoms with Crippen LogP contribution in [0.25, 0.3) is 0 Å². The first-order valence-corrected chi connectivity index (χ1v) is 7.24. The Morgan fingerprint density at radius 3 is 2.59 bits per heavy atom. The van der Waals surface area contributed by atoms with Crippen LogP contribution in [-0.2, 0) is 10.2 Å². The molecule has 0 saturated carbocycles. The summed E-state index contributed by atoms with van der Waals surface area (Å²) in [6.45, 7) is 7.10. The number of para-hydroxylation sites is 1. The van der Waals surface area contributed by atoms with Gasteiger partial charge in [0.2, 0.25) is 0 Å². The molecule has 1 aromatic rings. The van der Waals surface area contributed by atoms with Crippen LogP contribution in [0.15, 0.2) is 18.2 Å². The topological polar surface area (TPSA) is 49.4 Å². The zero-order valence-electron chi connectivity index (χ0n) is 10.4. The Morgan fingerprint density at radius 2 is 2.06 bits per heavy atom. The van der Waals surface area contributed by atoms with Crippen LogP contribution >= 0.6 is 0 Å². The maximum absolute atomic E-state index is 11.9. The van der Waals surface area contributed by atoms with E-state index in [0.29, 0.717) is 19.0 Å². The Bertz CT molecular complexity index is 523. The summed E-state index contributed by atoms with van der Waals surface area (Å²) in [6, 6.07) is 5.93. The van der Waals surface area contributed by atoms with Gasteiger partial charge in [0.25, 0.3) is 0 Å². The molecule has 1 N–H and O–H groups in total. The van der Waals surface area contributed by atoms with E-state index in [4.69, 9.17) is 0 Å². The van der Waals surface area contributed by atoms with Crippen LogP contribution in [0.1, 0.15) is 30.9 Å². The van der Waals surface area contributed by atoms with E-state index in [2.05, 4.69) is 18.6 Å². The summed E-state index contributed by atoms with van der Waals surface area (Å²) in [5.41, 5.74) is 2.92. The van der Waals surface area contributed by atoms with Crippen LogP contribution in [0, 0.1) is 6.92 Å². The van der Waals surface area contributed by atoms with Crippen molar-refractivity contribution in [3.63, 3.8) is 0 Å². The minimum atomic E-state index is -3.34. The van der Waals surface area contributed by atoms with E-state index >= 15 is 0 Å². The van der Waals surface area contributed by atoms with Gasteiger partial charge < -0.3 is 0 Å². The number of benzene rings is 1. The maximum atomic E-state index is 11.9. The van der Waals surface area contributed by atoms with Gasteiger partial charge in [-0.3, -0.25) is 4.31 Å². The normalized spacial score (nSPS) is 18.9. The lowest BCUT2D eigenvalue weighted by Crippen LogP contribution is -2.30. The number of aryl methyl sites for hydroxylation is 1. The Hall–Kier alpha value is -1.07. The molecule has 0 radical (unpaired) electrons. The molecule has 1 heterocycles. The Balaban J connectivity index is 2.58. The van der Waals surface area contributed by atoms with E-state index in [-0.39, 0.29) is 0 Å². The third-order valence-electron chi connectivity index (χ3n) is 3.03. The van der Waals surface area contributed by atoms with E-state index in [1.807, 2.05) is 25.1 Å². The van der Waals surface area contributed by atoms with Crippen LogP contribution in [-0.4, -0.2) is 21.5 Å². The monoisotopic (exact) mass is 254 g/mol. The van der Waals surface area contributed by atoms with E-state index < -0.39 is 10.2 Å². The first kappa shape index (κ1) is 12.4. The molecule has 94 valence electrons. The highest BCUT2D eigenvalue weighted by Gasteiger charge is 2.30. The molecule has 0 aromatic heterocycles. The molecule has 17 heavy (non-hydrogen) atoms. The van der Waals surface area contributed by atoms with E-state index in [0.717, 1.165) is 16.8 Å². The molecule has 1 aliphatic rings. The van der Waals surface area contributed by atoms with Crippen LogP contribution in [0.3, 0.4) is 0 Å². The zero-order valence-corrected chi connectivity index (χ0v) is 11.2. The van der Waals surface area contributed by atoms with Crippen molar-refractivity contribution >= 4 is 15.9 Å². The summed E-state index contributed by atoms with van der Waals surface area (Å²) < 4.78 is 27.8. The van der Waals surface area contributed by atoms with Gasteiger partial charge in [0, 0.05) is 13.1 Å². The van der Waals surface area contributed by atoms with Crippen molar-refractivity contribution in [2.75, 3.05) is 17.4 Å². The summed E-state index contributed by atoms with van der Waals surface area (Å²) in [5, 5.41) is 0. The molecule has 1 fully saturated rings. The second kappa shape index (κ2) is 4.31. The van der Waals surface area contributed by atoms with Crippen molar-refractivity contribution in [3.05, 3.63) is 29.3 Å². The number of rotatable bonds is 2. The fraction of sp³-hybridized carbons (Fsp3) is 0.500. The average molecular weight is 254 g/mol. The molecular weight excluding hydrogens is 236 g/mol. The molecule has 1 aliphatic heterocycles. The van der Waals surface area contributed by atoms with Gasteiger partial charge in [0.1, 0.15) is 0 Å². The lowest BCUT2D eigenvalue weighted by atomic mass is 9.98. The van der Waals surface area contributed by atoms with Crippen molar-refractivity contribution in [3.8, 4) is 0 Å². The molecular formula is C12H18N2O2S. The number of hydrogen-bond donors (Lipinski definition) is 1. The van der Waals surface area contributed by atoms with Crippen LogP contribution < -0.4 is 9.03 Å². The van der Waals surface area contributed by atoms with Gasteiger partial charge in [-0.25, -0.2) is 0 Å². The van der Waals surface area contributed by atoms with Crippen molar-refractivity contribution in [1.29, 1.82) is 0 Å². The first-order chi connectivity index (χ1) is 7.93. The molecule has 4 nitrogen and oxygen atoms in total. The molecule has 0 unspecified atom stereocenters. The third kappa shape index (κ3) is 2.17. The van der Waals surface area contributed by atoms with Crippen molar-refractivity contribution in [1.82, 2.24) is 4.72 Å². The first-order valence-electron chi connectivity index (χ1n) is 5.80. The second-order valence-corrected chi connectivity index (χ2v) is 6.32. The Kier molecular flexibility index (Phi) is 3.14. The Labute approximate surface area is 103 Å². The van der Waals surface area contributed by atoms with Gasteiger partial charge in [-0.2, -0.15) is 13.1 Å². The van der Waals surface area contributed by atoms with E-state index in [9.17, 15) is 8.42 Å². The SMILES string of the molecule is Cc1cccc(C(C)C)c1N1CCNS1(=O)=O. The Morgan fingerprint density at radius 1 is 1.35 bits per heavy atom. The van der Waals surface area contributed by atoms with Gasteiger partial charge in [-0.05, 0) is 24.0 Å². The number of hydrogen-bond acceptors (Lipinski definition) is 2. The van der Waals surface area contributed by atoms with Crippen LogP contribution in [0.5, 0.6) is 0 Å². The molecule has 0 amide bonds. The largest absolute Gasteiger partial charge is 0.301 e. The van der Waals surface area contributed by atoms with Crippen LogP contribution in [0.2, 0.25) is 0 Å². The molecule has 0 spiro atoms. The summed E-state index contributed by atoms with van der Waals surface area (Å²) in [4.78, 5) is 0. The number of nitrogens with zero attached hydrogens (tertiary/aromatic N) is 1. The molecule has 0 aliphatic carbocycles. The smallest absolute Gasteiger partial charge is 0.256 e. The van der Waals surface area contributed by atoms with Gasteiger partial charge in [0.15, 0.2) is 0 Å². The summed E-state index contributed by atoms with van der Waals surface area (Å²) >= 11 is 0. The van der Waals surface area contributed by atoms with E-state index in [1.54, 1.807) is 0 Å². The average Bonchev–Trinajstić information content (AvgIpc) is 2.57. The summed E-state index contributed by atoms with van der Waals surface area (Å²) in [7, 11) is -3.34. The zero-order chi connectivity index (χ0) is 12.6. The predicted molar refractivity (Wildman–Crippen MR) is 69.5 cm³/mol. The lowest BCUT2D eigenvalue weighted by molar-refractivity contribution is 0.591. The lowest BCUT2D eigenvalue weighted by Gasteiger charge is -2.23. The standard InChI is InChI=1S/C12H18N2O2S/c1-9(2)11-6-4-5-10(3)12(11)14-8-7-13-17(14,15)16/h4-6,9,13H,7-8H2,1-3H3.